The smallest absolute Gasteiger partial charge is 0.252 e. The molecule has 0 fully saturated rings. The zero-order valence-corrected chi connectivity index (χ0v) is 11.2. The van der Waals surface area contributed by atoms with Crippen molar-refractivity contribution in [2.75, 3.05) is 19.6 Å². The molecule has 0 aliphatic carbocycles. The number of hydrogen-bond acceptors (Lipinski definition) is 2. The minimum Gasteiger partial charge on any atom is -0.351 e. The standard InChI is InChI=1S/C12H16Cl2N2O/c1-2-5-15-6-7-16-12(17)10-8-9(13)3-4-11(10)14/h3-4,8,15H,2,5-7H2,1H3,(H,16,17). The van der Waals surface area contributed by atoms with Crippen molar-refractivity contribution in [2.45, 2.75) is 13.3 Å². The van der Waals surface area contributed by atoms with Crippen LogP contribution in [0.25, 0.3) is 0 Å². The molecule has 0 aromatic heterocycles. The van der Waals surface area contributed by atoms with Gasteiger partial charge in [0.2, 0.25) is 0 Å². The maximum atomic E-state index is 11.8. The topological polar surface area (TPSA) is 41.1 Å². The van der Waals surface area contributed by atoms with Crippen LogP contribution in [0.15, 0.2) is 18.2 Å². The number of benzene rings is 1. The van der Waals surface area contributed by atoms with E-state index >= 15 is 0 Å². The fourth-order valence-corrected chi connectivity index (χ4v) is 1.71. The van der Waals surface area contributed by atoms with Gasteiger partial charge in [0.15, 0.2) is 0 Å². The Balaban J connectivity index is 2.44. The number of amides is 1. The van der Waals surface area contributed by atoms with Gasteiger partial charge in [0.05, 0.1) is 10.6 Å². The van der Waals surface area contributed by atoms with Crippen molar-refractivity contribution in [3.05, 3.63) is 33.8 Å². The minimum atomic E-state index is -0.198. The largest absolute Gasteiger partial charge is 0.351 e. The summed E-state index contributed by atoms with van der Waals surface area (Å²) in [6.45, 7) is 4.37. The number of nitrogens with one attached hydrogen (secondary N) is 2. The van der Waals surface area contributed by atoms with Crippen LogP contribution in [-0.4, -0.2) is 25.5 Å². The van der Waals surface area contributed by atoms with Crippen LogP contribution in [0.4, 0.5) is 0 Å². The van der Waals surface area contributed by atoms with E-state index in [1.165, 1.54) is 0 Å². The van der Waals surface area contributed by atoms with Crippen molar-refractivity contribution in [1.29, 1.82) is 0 Å². The van der Waals surface area contributed by atoms with E-state index in [9.17, 15) is 4.79 Å². The van der Waals surface area contributed by atoms with Gasteiger partial charge in [-0.3, -0.25) is 4.79 Å². The summed E-state index contributed by atoms with van der Waals surface area (Å²) in [6.07, 6.45) is 1.08. The zero-order chi connectivity index (χ0) is 12.7. The molecule has 1 aromatic rings. The molecule has 1 aromatic carbocycles. The summed E-state index contributed by atoms with van der Waals surface area (Å²) in [7, 11) is 0. The fraction of sp³-hybridized carbons (Fsp3) is 0.417. The monoisotopic (exact) mass is 274 g/mol. The van der Waals surface area contributed by atoms with E-state index in [0.717, 1.165) is 19.5 Å². The Bertz CT molecular complexity index is 383. The quantitative estimate of drug-likeness (QED) is 0.784. The number of rotatable bonds is 6. The molecule has 17 heavy (non-hydrogen) atoms. The van der Waals surface area contributed by atoms with E-state index < -0.39 is 0 Å². The minimum absolute atomic E-state index is 0.198. The summed E-state index contributed by atoms with van der Waals surface area (Å²) in [5.41, 5.74) is 0.412. The molecule has 2 N–H and O–H groups in total. The average molecular weight is 275 g/mol. The first-order chi connectivity index (χ1) is 8.15. The second kappa shape index (κ2) is 7.54. The molecule has 0 saturated heterocycles. The number of halogens is 2. The number of carbonyl (C=O) groups is 1. The SMILES string of the molecule is CCCNCCNC(=O)c1cc(Cl)ccc1Cl. The summed E-state index contributed by atoms with van der Waals surface area (Å²) < 4.78 is 0. The van der Waals surface area contributed by atoms with Crippen LogP contribution in [-0.2, 0) is 0 Å². The Kier molecular flexibility index (Phi) is 6.34. The summed E-state index contributed by atoms with van der Waals surface area (Å²) in [5, 5.41) is 6.89. The van der Waals surface area contributed by atoms with Crippen molar-refractivity contribution >= 4 is 29.1 Å². The van der Waals surface area contributed by atoms with Gasteiger partial charge in [-0.2, -0.15) is 0 Å². The van der Waals surface area contributed by atoms with Crippen LogP contribution in [0.5, 0.6) is 0 Å². The van der Waals surface area contributed by atoms with E-state index in [1.807, 2.05) is 0 Å². The van der Waals surface area contributed by atoms with Crippen molar-refractivity contribution in [3.63, 3.8) is 0 Å². The number of hydrogen-bond donors (Lipinski definition) is 2. The van der Waals surface area contributed by atoms with Crippen LogP contribution in [0.1, 0.15) is 23.7 Å². The van der Waals surface area contributed by atoms with Gasteiger partial charge in [-0.25, -0.2) is 0 Å². The van der Waals surface area contributed by atoms with E-state index in [1.54, 1.807) is 18.2 Å². The Morgan fingerprint density at radius 1 is 1.24 bits per heavy atom. The first-order valence-corrected chi connectivity index (χ1v) is 6.34. The highest BCUT2D eigenvalue weighted by Crippen LogP contribution is 2.20. The van der Waals surface area contributed by atoms with Crippen molar-refractivity contribution in [1.82, 2.24) is 10.6 Å². The molecular formula is C12H16Cl2N2O. The molecule has 1 amide bonds. The van der Waals surface area contributed by atoms with Gasteiger partial charge in [-0.15, -0.1) is 0 Å². The van der Waals surface area contributed by atoms with Crippen LogP contribution in [0.2, 0.25) is 10.0 Å². The van der Waals surface area contributed by atoms with Crippen LogP contribution in [0.3, 0.4) is 0 Å². The van der Waals surface area contributed by atoms with Gasteiger partial charge in [0.25, 0.3) is 5.91 Å². The Labute approximate surface area is 111 Å². The second-order valence-electron chi connectivity index (χ2n) is 3.63. The predicted octanol–water partition coefficient (Wildman–Crippen LogP) is 2.72. The first-order valence-electron chi connectivity index (χ1n) is 5.59. The lowest BCUT2D eigenvalue weighted by Gasteiger charge is -2.07. The predicted molar refractivity (Wildman–Crippen MR) is 72.0 cm³/mol. The third-order valence-corrected chi connectivity index (χ3v) is 2.75. The van der Waals surface area contributed by atoms with Crippen molar-refractivity contribution < 1.29 is 4.79 Å². The van der Waals surface area contributed by atoms with Crippen LogP contribution >= 0.6 is 23.2 Å². The van der Waals surface area contributed by atoms with Gasteiger partial charge in [0.1, 0.15) is 0 Å². The lowest BCUT2D eigenvalue weighted by molar-refractivity contribution is 0.0954. The third-order valence-electron chi connectivity index (χ3n) is 2.19. The zero-order valence-electron chi connectivity index (χ0n) is 9.72. The fourth-order valence-electron chi connectivity index (χ4n) is 1.33. The molecule has 0 radical (unpaired) electrons. The highest BCUT2D eigenvalue weighted by atomic mass is 35.5. The molecule has 3 nitrogen and oxygen atoms in total. The first kappa shape index (κ1) is 14.3. The van der Waals surface area contributed by atoms with Crippen molar-refractivity contribution in [3.8, 4) is 0 Å². The van der Waals surface area contributed by atoms with E-state index in [0.29, 0.717) is 22.2 Å². The highest BCUT2D eigenvalue weighted by molar-refractivity contribution is 6.35. The van der Waals surface area contributed by atoms with Crippen LogP contribution < -0.4 is 10.6 Å². The third kappa shape index (κ3) is 4.94. The Morgan fingerprint density at radius 3 is 2.71 bits per heavy atom. The summed E-state index contributed by atoms with van der Waals surface area (Å²) >= 11 is 11.7. The van der Waals surface area contributed by atoms with Crippen LogP contribution in [0, 0.1) is 0 Å². The van der Waals surface area contributed by atoms with Gasteiger partial charge in [0, 0.05) is 18.1 Å². The molecule has 1 rings (SSSR count). The van der Waals surface area contributed by atoms with Gasteiger partial charge < -0.3 is 10.6 Å². The molecule has 0 bridgehead atoms. The van der Waals surface area contributed by atoms with Gasteiger partial charge in [-0.05, 0) is 31.2 Å². The normalized spacial score (nSPS) is 10.3. The Morgan fingerprint density at radius 2 is 2.00 bits per heavy atom. The summed E-state index contributed by atoms with van der Waals surface area (Å²) in [4.78, 5) is 11.8. The molecule has 0 unspecified atom stereocenters. The lowest BCUT2D eigenvalue weighted by Crippen LogP contribution is -2.32. The summed E-state index contributed by atoms with van der Waals surface area (Å²) in [6, 6.07) is 4.84. The highest BCUT2D eigenvalue weighted by Gasteiger charge is 2.09. The lowest BCUT2D eigenvalue weighted by atomic mass is 10.2. The van der Waals surface area contributed by atoms with Gasteiger partial charge in [-0.1, -0.05) is 30.1 Å². The Hall–Kier alpha value is -0.770. The molecule has 0 aliphatic rings. The van der Waals surface area contributed by atoms with Gasteiger partial charge >= 0.3 is 0 Å². The molecule has 5 heteroatoms. The van der Waals surface area contributed by atoms with E-state index in [2.05, 4.69) is 17.6 Å². The summed E-state index contributed by atoms with van der Waals surface area (Å²) in [5.74, 6) is -0.198. The molecular weight excluding hydrogens is 259 g/mol. The van der Waals surface area contributed by atoms with Crippen molar-refractivity contribution in [2.24, 2.45) is 0 Å². The maximum absolute atomic E-state index is 11.8. The average Bonchev–Trinajstić information content (AvgIpc) is 2.32. The van der Waals surface area contributed by atoms with E-state index in [4.69, 9.17) is 23.2 Å². The molecule has 0 aliphatic heterocycles. The molecule has 0 spiro atoms. The molecule has 0 atom stereocenters. The number of carbonyl (C=O) groups excluding carboxylic acids is 1. The second-order valence-corrected chi connectivity index (χ2v) is 4.47. The van der Waals surface area contributed by atoms with E-state index in [-0.39, 0.29) is 5.91 Å². The molecule has 94 valence electrons. The molecule has 0 saturated carbocycles. The maximum Gasteiger partial charge on any atom is 0.252 e. The molecule has 0 heterocycles.